The van der Waals surface area contributed by atoms with Crippen molar-refractivity contribution in [3.05, 3.63) is 67.5 Å². The molecule has 0 N–H and O–H groups in total. The molecule has 0 aliphatic heterocycles. The Kier molecular flexibility index (Phi) is 3.06. The quantitative estimate of drug-likeness (QED) is 0.206. The number of fused-ring (bicyclic) bond motifs is 8. The number of halogens is 4. The predicted molar refractivity (Wildman–Crippen MR) is 101 cm³/mol. The molecule has 2 aromatic carbocycles. The number of nitriles is 2. The SMILES string of the molecule is N#Cc1nc2c3cc4c(=O)n5c(nc6c(F)c(F)c(F)c(F)c65)c4cc3c(=O)n2c1C#N. The van der Waals surface area contributed by atoms with Crippen LogP contribution in [0.1, 0.15) is 11.4 Å². The highest BCUT2D eigenvalue weighted by Gasteiger charge is 2.28. The third kappa shape index (κ3) is 1.77. The third-order valence-corrected chi connectivity index (χ3v) is 5.47. The van der Waals surface area contributed by atoms with E-state index in [9.17, 15) is 32.4 Å². The molecule has 0 unspecified atom stereocenters. The van der Waals surface area contributed by atoms with Crippen LogP contribution in [0.4, 0.5) is 17.6 Å². The van der Waals surface area contributed by atoms with Crippen molar-refractivity contribution in [2.75, 3.05) is 0 Å². The zero-order valence-corrected chi connectivity index (χ0v) is 15.2. The van der Waals surface area contributed by atoms with Gasteiger partial charge in [0.1, 0.15) is 28.8 Å². The first-order valence-electron chi connectivity index (χ1n) is 8.75. The Bertz CT molecular complexity index is 2050. The van der Waals surface area contributed by atoms with Crippen LogP contribution in [-0.2, 0) is 0 Å². The van der Waals surface area contributed by atoms with Gasteiger partial charge in [-0.2, -0.15) is 10.5 Å². The fourth-order valence-corrected chi connectivity index (χ4v) is 4.10. The molecule has 0 spiro atoms. The molecular weight excluding hydrogens is 432 g/mol. The summed E-state index contributed by atoms with van der Waals surface area (Å²) in [6.45, 7) is 0. The highest BCUT2D eigenvalue weighted by Crippen LogP contribution is 2.32. The molecule has 0 radical (unpaired) electrons. The van der Waals surface area contributed by atoms with Gasteiger partial charge in [0.25, 0.3) is 11.1 Å². The first-order valence-corrected chi connectivity index (χ1v) is 8.75. The molecule has 0 atom stereocenters. The van der Waals surface area contributed by atoms with Gasteiger partial charge >= 0.3 is 0 Å². The fourth-order valence-electron chi connectivity index (χ4n) is 4.10. The smallest absolute Gasteiger partial charge is 0.265 e. The van der Waals surface area contributed by atoms with E-state index in [0.29, 0.717) is 4.40 Å². The standard InChI is InChI=1S/C20H2F4N6O2/c21-11-12(22)14(24)16-15(13(11)23)28-18-6-2-7-5(1-8(6)20(32)30(16)18)17-27-9(3-25)10(4-26)29(17)19(7)31/h1-2H. The Morgan fingerprint density at radius 2 is 1.28 bits per heavy atom. The number of imidazole rings is 2. The second-order valence-electron chi connectivity index (χ2n) is 6.97. The molecule has 6 aromatic rings. The van der Waals surface area contributed by atoms with Gasteiger partial charge in [-0.1, -0.05) is 0 Å². The topological polar surface area (TPSA) is 116 Å². The summed E-state index contributed by atoms with van der Waals surface area (Å²) in [5.41, 5.74) is -4.26. The third-order valence-electron chi connectivity index (χ3n) is 5.47. The number of hydrogen-bond acceptors (Lipinski definition) is 6. The maximum absolute atomic E-state index is 14.4. The Hall–Kier alpha value is -4.84. The Balaban J connectivity index is 1.87. The van der Waals surface area contributed by atoms with Gasteiger partial charge < -0.3 is 0 Å². The van der Waals surface area contributed by atoms with Gasteiger partial charge in [0.2, 0.25) is 0 Å². The molecule has 0 aliphatic rings. The van der Waals surface area contributed by atoms with E-state index in [-0.39, 0.29) is 44.2 Å². The normalized spacial score (nSPS) is 11.9. The van der Waals surface area contributed by atoms with Gasteiger partial charge in [0, 0.05) is 10.8 Å². The summed E-state index contributed by atoms with van der Waals surface area (Å²) in [5.74, 6) is -7.69. The lowest BCUT2D eigenvalue weighted by atomic mass is 10.1. The molecule has 0 saturated heterocycles. The van der Waals surface area contributed by atoms with Crippen molar-refractivity contribution >= 4 is 43.9 Å². The van der Waals surface area contributed by atoms with Crippen molar-refractivity contribution < 1.29 is 17.6 Å². The lowest BCUT2D eigenvalue weighted by molar-refractivity contribution is 0.416. The van der Waals surface area contributed by atoms with Crippen LogP contribution in [0.15, 0.2) is 21.7 Å². The Morgan fingerprint density at radius 1 is 0.719 bits per heavy atom. The van der Waals surface area contributed by atoms with E-state index < -0.39 is 45.4 Å². The van der Waals surface area contributed by atoms with Crippen LogP contribution in [-0.4, -0.2) is 18.8 Å². The average molecular weight is 434 g/mol. The molecule has 12 heteroatoms. The van der Waals surface area contributed by atoms with Crippen molar-refractivity contribution in [3.8, 4) is 12.1 Å². The second kappa shape index (κ2) is 5.44. The molecule has 8 nitrogen and oxygen atoms in total. The number of aromatic nitrogens is 4. The largest absolute Gasteiger partial charge is 0.268 e. The summed E-state index contributed by atoms with van der Waals surface area (Å²) in [5, 5.41) is 18.5. The average Bonchev–Trinajstić information content (AvgIpc) is 3.50. The Labute approximate surface area is 171 Å². The molecule has 0 saturated carbocycles. The lowest BCUT2D eigenvalue weighted by Crippen LogP contribution is -2.08. The van der Waals surface area contributed by atoms with Crippen LogP contribution in [0.3, 0.4) is 0 Å². The minimum atomic E-state index is -2.09. The Morgan fingerprint density at radius 3 is 1.88 bits per heavy atom. The van der Waals surface area contributed by atoms with Crippen molar-refractivity contribution in [3.63, 3.8) is 0 Å². The van der Waals surface area contributed by atoms with Crippen LogP contribution in [0.25, 0.3) is 43.9 Å². The molecule has 0 aliphatic carbocycles. The number of nitrogens with zero attached hydrogens (tertiary/aromatic N) is 6. The van der Waals surface area contributed by atoms with Crippen LogP contribution in [0, 0.1) is 45.9 Å². The summed E-state index contributed by atoms with van der Waals surface area (Å²) in [6, 6.07) is 5.91. The number of benzene rings is 2. The van der Waals surface area contributed by atoms with Crippen molar-refractivity contribution in [2.45, 2.75) is 0 Å². The van der Waals surface area contributed by atoms with E-state index in [4.69, 9.17) is 5.26 Å². The molecule has 4 aromatic heterocycles. The maximum atomic E-state index is 14.4. The highest BCUT2D eigenvalue weighted by molar-refractivity contribution is 6.10. The van der Waals surface area contributed by atoms with Crippen molar-refractivity contribution in [2.24, 2.45) is 0 Å². The van der Waals surface area contributed by atoms with Gasteiger partial charge in [-0.15, -0.1) is 0 Å². The highest BCUT2D eigenvalue weighted by atomic mass is 19.2. The summed E-state index contributed by atoms with van der Waals surface area (Å²) < 4.78 is 57.6. The van der Waals surface area contributed by atoms with Crippen LogP contribution >= 0.6 is 0 Å². The van der Waals surface area contributed by atoms with E-state index in [0.717, 1.165) is 4.40 Å². The van der Waals surface area contributed by atoms with Crippen molar-refractivity contribution in [1.82, 2.24) is 18.8 Å². The number of rotatable bonds is 0. The molecule has 6 rings (SSSR count). The van der Waals surface area contributed by atoms with Gasteiger partial charge in [-0.05, 0) is 12.1 Å². The molecule has 0 fully saturated rings. The molecule has 4 heterocycles. The lowest BCUT2D eigenvalue weighted by Gasteiger charge is -1.99. The zero-order valence-electron chi connectivity index (χ0n) is 15.2. The molecule has 0 amide bonds. The van der Waals surface area contributed by atoms with Gasteiger partial charge in [-0.3, -0.25) is 14.0 Å². The van der Waals surface area contributed by atoms with Gasteiger partial charge in [0.15, 0.2) is 40.3 Å². The molecule has 0 bridgehead atoms. The summed E-state index contributed by atoms with van der Waals surface area (Å²) >= 11 is 0. The molecular formula is C20H2F4N6O2. The minimum Gasteiger partial charge on any atom is -0.268 e. The molecule has 32 heavy (non-hydrogen) atoms. The number of hydrogen-bond donors (Lipinski definition) is 0. The van der Waals surface area contributed by atoms with E-state index in [2.05, 4.69) is 9.97 Å². The van der Waals surface area contributed by atoms with E-state index >= 15 is 0 Å². The first-order chi connectivity index (χ1) is 15.3. The predicted octanol–water partition coefficient (Wildman–Crippen LogP) is 2.34. The van der Waals surface area contributed by atoms with Crippen LogP contribution in [0.5, 0.6) is 0 Å². The first kappa shape index (κ1) is 18.0. The second-order valence-corrected chi connectivity index (χ2v) is 6.97. The summed E-state index contributed by atoms with van der Waals surface area (Å²) in [6.07, 6.45) is 0. The van der Waals surface area contributed by atoms with Gasteiger partial charge in [0.05, 0.1) is 10.8 Å². The van der Waals surface area contributed by atoms with Crippen LogP contribution in [0.2, 0.25) is 0 Å². The summed E-state index contributed by atoms with van der Waals surface area (Å²) in [7, 11) is 0. The molecule has 152 valence electrons. The van der Waals surface area contributed by atoms with Crippen molar-refractivity contribution in [1.29, 1.82) is 10.5 Å². The zero-order chi connectivity index (χ0) is 22.6. The van der Waals surface area contributed by atoms with Crippen LogP contribution < -0.4 is 11.1 Å². The van der Waals surface area contributed by atoms with E-state index in [1.54, 1.807) is 12.1 Å². The maximum Gasteiger partial charge on any atom is 0.265 e. The monoisotopic (exact) mass is 434 g/mol. The minimum absolute atomic E-state index is 0.00106. The summed E-state index contributed by atoms with van der Waals surface area (Å²) in [4.78, 5) is 33.7. The fraction of sp³-hybridized carbons (Fsp3) is 0. The van der Waals surface area contributed by atoms with Gasteiger partial charge in [-0.25, -0.2) is 31.9 Å². The van der Waals surface area contributed by atoms with E-state index in [1.807, 2.05) is 0 Å². The van der Waals surface area contributed by atoms with E-state index in [1.165, 1.54) is 12.1 Å².